The largest absolute Gasteiger partial charge is 0.390 e. The molecule has 0 unspecified atom stereocenters. The molecule has 7 heteroatoms. The van der Waals surface area contributed by atoms with Gasteiger partial charge in [-0.3, -0.25) is 0 Å². The van der Waals surface area contributed by atoms with Crippen LogP contribution in [-0.4, -0.2) is 35.6 Å². The van der Waals surface area contributed by atoms with Gasteiger partial charge in [0, 0.05) is 30.2 Å². The van der Waals surface area contributed by atoms with E-state index in [0.29, 0.717) is 12.2 Å². The van der Waals surface area contributed by atoms with Gasteiger partial charge in [0.05, 0.1) is 11.5 Å². The molecule has 1 aromatic rings. The van der Waals surface area contributed by atoms with Crippen LogP contribution < -0.4 is 4.72 Å². The summed E-state index contributed by atoms with van der Waals surface area (Å²) in [6.07, 6.45) is 8.05. The first-order valence-electron chi connectivity index (χ1n) is 6.73. The van der Waals surface area contributed by atoms with E-state index in [1.54, 1.807) is 23.4 Å². The first-order valence-corrected chi connectivity index (χ1v) is 9.44. The zero-order valence-electron chi connectivity index (χ0n) is 11.9. The quantitative estimate of drug-likeness (QED) is 0.833. The second-order valence-corrected chi connectivity index (χ2v) is 8.40. The van der Waals surface area contributed by atoms with Crippen molar-refractivity contribution in [2.24, 2.45) is 7.05 Å². The molecular formula is C13H22N2O3S2. The molecule has 0 aliphatic heterocycles. The standard InChI is InChI=1S/C13H22N2O3S2/c1-15-8-12(7-11(15)9-16)20(17,18)14-10-13(19-2)5-3-4-6-13/h7-8,14,16H,3-6,9-10H2,1-2H3. The van der Waals surface area contributed by atoms with Gasteiger partial charge in [-0.05, 0) is 25.2 Å². The number of aryl methyl sites for hydroxylation is 1. The van der Waals surface area contributed by atoms with Gasteiger partial charge in [-0.2, -0.15) is 11.8 Å². The molecule has 1 aliphatic rings. The predicted octanol–water partition coefficient (Wildman–Crippen LogP) is 1.47. The van der Waals surface area contributed by atoms with Crippen molar-refractivity contribution in [2.75, 3.05) is 12.8 Å². The Morgan fingerprint density at radius 1 is 1.45 bits per heavy atom. The third-order valence-electron chi connectivity index (χ3n) is 4.09. The number of thioether (sulfide) groups is 1. The predicted molar refractivity (Wildman–Crippen MR) is 81.2 cm³/mol. The topological polar surface area (TPSA) is 71.3 Å². The molecule has 0 radical (unpaired) electrons. The highest BCUT2D eigenvalue weighted by Gasteiger charge is 2.34. The van der Waals surface area contributed by atoms with E-state index in [-0.39, 0.29) is 16.2 Å². The van der Waals surface area contributed by atoms with Gasteiger partial charge in [-0.25, -0.2) is 13.1 Å². The molecule has 1 fully saturated rings. The molecule has 0 aromatic carbocycles. The summed E-state index contributed by atoms with van der Waals surface area (Å²) >= 11 is 1.76. The minimum absolute atomic E-state index is 0.0433. The zero-order chi connectivity index (χ0) is 14.8. The molecule has 1 aliphatic carbocycles. The molecule has 0 saturated heterocycles. The van der Waals surface area contributed by atoms with Crippen molar-refractivity contribution in [3.63, 3.8) is 0 Å². The monoisotopic (exact) mass is 318 g/mol. The fourth-order valence-electron chi connectivity index (χ4n) is 2.66. The van der Waals surface area contributed by atoms with Crippen LogP contribution in [0.2, 0.25) is 0 Å². The molecule has 0 atom stereocenters. The number of aromatic nitrogens is 1. The van der Waals surface area contributed by atoms with E-state index >= 15 is 0 Å². The number of nitrogens with one attached hydrogen (secondary N) is 1. The molecule has 2 N–H and O–H groups in total. The van der Waals surface area contributed by atoms with E-state index in [1.807, 2.05) is 6.26 Å². The SMILES string of the molecule is CSC1(CNS(=O)(=O)c2cc(CO)n(C)c2)CCCC1. The van der Waals surface area contributed by atoms with Crippen molar-refractivity contribution in [3.8, 4) is 0 Å². The zero-order valence-corrected chi connectivity index (χ0v) is 13.6. The molecule has 0 bridgehead atoms. The minimum atomic E-state index is -3.50. The van der Waals surface area contributed by atoms with Crippen molar-refractivity contribution < 1.29 is 13.5 Å². The lowest BCUT2D eigenvalue weighted by atomic mass is 10.1. The second kappa shape index (κ2) is 6.09. The molecule has 20 heavy (non-hydrogen) atoms. The highest BCUT2D eigenvalue weighted by Crippen LogP contribution is 2.39. The molecule has 0 amide bonds. The van der Waals surface area contributed by atoms with Crippen molar-refractivity contribution in [1.29, 1.82) is 0 Å². The molecule has 2 rings (SSSR count). The van der Waals surface area contributed by atoms with Gasteiger partial charge < -0.3 is 9.67 Å². The van der Waals surface area contributed by atoms with Gasteiger partial charge in [0.1, 0.15) is 0 Å². The number of nitrogens with zero attached hydrogens (tertiary/aromatic N) is 1. The molecule has 0 spiro atoms. The Hall–Kier alpha value is -0.500. The van der Waals surface area contributed by atoms with E-state index in [9.17, 15) is 8.42 Å². The van der Waals surface area contributed by atoms with Crippen molar-refractivity contribution in [3.05, 3.63) is 18.0 Å². The van der Waals surface area contributed by atoms with Gasteiger partial charge in [-0.1, -0.05) is 12.8 Å². The summed E-state index contributed by atoms with van der Waals surface area (Å²) in [7, 11) is -1.78. The molecule has 1 aromatic heterocycles. The Morgan fingerprint density at radius 2 is 2.10 bits per heavy atom. The number of aliphatic hydroxyl groups is 1. The summed E-state index contributed by atoms with van der Waals surface area (Å²) in [6.45, 7) is 0.306. The smallest absolute Gasteiger partial charge is 0.242 e. The van der Waals surface area contributed by atoms with E-state index in [2.05, 4.69) is 4.72 Å². The van der Waals surface area contributed by atoms with Gasteiger partial charge in [-0.15, -0.1) is 0 Å². The van der Waals surface area contributed by atoms with E-state index < -0.39 is 10.0 Å². The maximum Gasteiger partial charge on any atom is 0.242 e. The van der Waals surface area contributed by atoms with Crippen LogP contribution >= 0.6 is 11.8 Å². The normalized spacial score (nSPS) is 18.6. The first kappa shape index (κ1) is 15.9. The van der Waals surface area contributed by atoms with Crippen molar-refractivity contribution in [1.82, 2.24) is 9.29 Å². The summed E-state index contributed by atoms with van der Waals surface area (Å²) in [5.74, 6) is 0. The second-order valence-electron chi connectivity index (χ2n) is 5.35. The third kappa shape index (κ3) is 3.21. The number of rotatable bonds is 6. The number of sulfonamides is 1. The van der Waals surface area contributed by atoms with Crippen molar-refractivity contribution in [2.45, 2.75) is 41.9 Å². The summed E-state index contributed by atoms with van der Waals surface area (Å²) in [5.41, 5.74) is 0.589. The summed E-state index contributed by atoms with van der Waals surface area (Å²) < 4.78 is 29.0. The Balaban J connectivity index is 2.10. The van der Waals surface area contributed by atoms with Crippen LogP contribution in [0.1, 0.15) is 31.4 Å². The maximum atomic E-state index is 12.3. The molecular weight excluding hydrogens is 296 g/mol. The highest BCUT2D eigenvalue weighted by atomic mass is 32.2. The van der Waals surface area contributed by atoms with Crippen LogP contribution in [0, 0.1) is 0 Å². The van der Waals surface area contributed by atoms with Crippen LogP contribution in [0.15, 0.2) is 17.2 Å². The lowest BCUT2D eigenvalue weighted by Gasteiger charge is -2.26. The summed E-state index contributed by atoms with van der Waals surface area (Å²) in [5, 5.41) is 9.14. The van der Waals surface area contributed by atoms with Gasteiger partial charge in [0.2, 0.25) is 10.0 Å². The molecule has 1 saturated carbocycles. The number of hydrogen-bond donors (Lipinski definition) is 2. The number of aliphatic hydroxyl groups excluding tert-OH is 1. The van der Waals surface area contributed by atoms with Crippen LogP contribution in [0.3, 0.4) is 0 Å². The first-order chi connectivity index (χ1) is 9.42. The maximum absolute atomic E-state index is 12.3. The fraction of sp³-hybridized carbons (Fsp3) is 0.692. The lowest BCUT2D eigenvalue weighted by molar-refractivity contribution is 0.272. The van der Waals surface area contributed by atoms with E-state index in [4.69, 9.17) is 5.11 Å². The van der Waals surface area contributed by atoms with Crippen LogP contribution in [-0.2, 0) is 23.7 Å². The van der Waals surface area contributed by atoms with E-state index in [1.165, 1.54) is 25.1 Å². The van der Waals surface area contributed by atoms with Gasteiger partial charge >= 0.3 is 0 Å². The molecule has 1 heterocycles. The van der Waals surface area contributed by atoms with Crippen LogP contribution in [0.4, 0.5) is 0 Å². The average Bonchev–Trinajstić information content (AvgIpc) is 3.04. The Bertz CT molecular complexity index is 560. The fourth-order valence-corrected chi connectivity index (χ4v) is 4.89. The summed E-state index contributed by atoms with van der Waals surface area (Å²) in [6, 6.07) is 1.52. The van der Waals surface area contributed by atoms with Gasteiger partial charge in [0.25, 0.3) is 0 Å². The lowest BCUT2D eigenvalue weighted by Crippen LogP contribution is -2.38. The Kier molecular flexibility index (Phi) is 4.84. The number of hydrogen-bond acceptors (Lipinski definition) is 4. The molecule has 114 valence electrons. The minimum Gasteiger partial charge on any atom is -0.390 e. The average molecular weight is 318 g/mol. The third-order valence-corrected chi connectivity index (χ3v) is 6.87. The van der Waals surface area contributed by atoms with Crippen LogP contribution in [0.25, 0.3) is 0 Å². The van der Waals surface area contributed by atoms with E-state index in [0.717, 1.165) is 12.8 Å². The molecule has 5 nitrogen and oxygen atoms in total. The van der Waals surface area contributed by atoms with Crippen molar-refractivity contribution >= 4 is 21.8 Å². The summed E-state index contributed by atoms with van der Waals surface area (Å²) in [4.78, 5) is 0.221. The van der Waals surface area contributed by atoms with Crippen LogP contribution in [0.5, 0.6) is 0 Å². The highest BCUT2D eigenvalue weighted by molar-refractivity contribution is 8.00. The Labute approximate surface area is 124 Å². The Morgan fingerprint density at radius 3 is 2.60 bits per heavy atom. The van der Waals surface area contributed by atoms with Gasteiger partial charge in [0.15, 0.2) is 0 Å².